The van der Waals surface area contributed by atoms with Gasteiger partial charge in [-0.3, -0.25) is 9.78 Å². The molecule has 21 heavy (non-hydrogen) atoms. The molecule has 3 rings (SSSR count). The zero-order chi connectivity index (χ0) is 15.0. The molecule has 5 heteroatoms. The molecule has 1 atom stereocenters. The van der Waals surface area contributed by atoms with E-state index >= 15 is 0 Å². The maximum Gasteiger partial charge on any atom is 0.256 e. The summed E-state index contributed by atoms with van der Waals surface area (Å²) in [4.78, 5) is 18.4. The minimum absolute atomic E-state index is 0.0343. The quantitative estimate of drug-likeness (QED) is 0.867. The maximum absolute atomic E-state index is 12.3. The number of amides is 1. The average Bonchev–Trinajstić information content (AvgIpc) is 2.78. The summed E-state index contributed by atoms with van der Waals surface area (Å²) in [6.07, 6.45) is 1.70. The summed E-state index contributed by atoms with van der Waals surface area (Å²) in [5, 5.41) is 0. The Hall–Kier alpha value is -2.56. The topological polar surface area (TPSA) is 51.7 Å². The smallest absolute Gasteiger partial charge is 0.256 e. The largest absolute Gasteiger partial charge is 0.497 e. The van der Waals surface area contributed by atoms with Gasteiger partial charge in [-0.15, -0.1) is 0 Å². The van der Waals surface area contributed by atoms with Gasteiger partial charge in [0.15, 0.2) is 0 Å². The van der Waals surface area contributed by atoms with Crippen LogP contribution < -0.4 is 9.47 Å². The van der Waals surface area contributed by atoms with Crippen LogP contribution in [0.4, 0.5) is 0 Å². The minimum Gasteiger partial charge on any atom is -0.497 e. The van der Waals surface area contributed by atoms with Crippen molar-refractivity contribution in [1.82, 2.24) is 9.88 Å². The zero-order valence-corrected chi connectivity index (χ0v) is 12.2. The SMILES string of the molecule is COc1ccc(OC)c(C2c3ncccc3C(=O)N2C)c1. The van der Waals surface area contributed by atoms with E-state index in [1.807, 2.05) is 18.2 Å². The Morgan fingerprint density at radius 1 is 1.19 bits per heavy atom. The molecule has 1 amide bonds. The lowest BCUT2D eigenvalue weighted by Crippen LogP contribution is -2.24. The predicted molar refractivity (Wildman–Crippen MR) is 77.7 cm³/mol. The van der Waals surface area contributed by atoms with Crippen LogP contribution in [-0.2, 0) is 0 Å². The van der Waals surface area contributed by atoms with Gasteiger partial charge in [0.2, 0.25) is 0 Å². The number of rotatable bonds is 3. The number of hydrogen-bond donors (Lipinski definition) is 0. The van der Waals surface area contributed by atoms with Gasteiger partial charge in [0.25, 0.3) is 5.91 Å². The number of carbonyl (C=O) groups excluding carboxylic acids is 1. The Morgan fingerprint density at radius 3 is 2.71 bits per heavy atom. The maximum atomic E-state index is 12.3. The van der Waals surface area contributed by atoms with Crippen molar-refractivity contribution in [3.63, 3.8) is 0 Å². The molecule has 2 aromatic rings. The summed E-state index contributed by atoms with van der Waals surface area (Å²) >= 11 is 0. The first-order valence-electron chi connectivity index (χ1n) is 6.61. The number of aromatic nitrogens is 1. The Morgan fingerprint density at radius 2 is 2.00 bits per heavy atom. The molecule has 1 aromatic heterocycles. The Bertz CT molecular complexity index is 700. The van der Waals surface area contributed by atoms with Crippen LogP contribution in [0.3, 0.4) is 0 Å². The fourth-order valence-electron chi connectivity index (χ4n) is 2.72. The van der Waals surface area contributed by atoms with E-state index in [4.69, 9.17) is 9.47 Å². The molecule has 2 heterocycles. The summed E-state index contributed by atoms with van der Waals surface area (Å²) in [7, 11) is 5.00. The van der Waals surface area contributed by atoms with Crippen molar-refractivity contribution in [1.29, 1.82) is 0 Å². The first kappa shape index (κ1) is 13.4. The summed E-state index contributed by atoms with van der Waals surface area (Å²) in [5.74, 6) is 1.39. The second kappa shape index (κ2) is 5.09. The van der Waals surface area contributed by atoms with Crippen LogP contribution in [0, 0.1) is 0 Å². The number of pyridine rings is 1. The number of methoxy groups -OCH3 is 2. The van der Waals surface area contributed by atoms with Gasteiger partial charge in [-0.25, -0.2) is 0 Å². The van der Waals surface area contributed by atoms with E-state index < -0.39 is 0 Å². The van der Waals surface area contributed by atoms with Crippen LogP contribution in [0.5, 0.6) is 11.5 Å². The summed E-state index contributed by atoms with van der Waals surface area (Å²) in [5.41, 5.74) is 2.25. The standard InChI is InChI=1S/C16H16N2O3/c1-18-15(14-11(16(18)19)5-4-8-17-14)12-9-10(20-2)6-7-13(12)21-3/h4-9,15H,1-3H3. The highest BCUT2D eigenvalue weighted by Crippen LogP contribution is 2.41. The van der Waals surface area contributed by atoms with Crippen LogP contribution in [0.15, 0.2) is 36.5 Å². The molecule has 0 saturated carbocycles. The van der Waals surface area contributed by atoms with Crippen molar-refractivity contribution in [2.24, 2.45) is 0 Å². The number of nitrogens with zero attached hydrogens (tertiary/aromatic N) is 2. The second-order valence-corrected chi connectivity index (χ2v) is 4.86. The van der Waals surface area contributed by atoms with Crippen molar-refractivity contribution in [2.45, 2.75) is 6.04 Å². The van der Waals surface area contributed by atoms with Crippen molar-refractivity contribution in [3.8, 4) is 11.5 Å². The molecule has 0 radical (unpaired) electrons. The number of benzene rings is 1. The fraction of sp³-hybridized carbons (Fsp3) is 0.250. The number of carbonyl (C=O) groups is 1. The van der Waals surface area contributed by atoms with Gasteiger partial charge in [-0.2, -0.15) is 0 Å². The highest BCUT2D eigenvalue weighted by molar-refractivity contribution is 5.99. The third-order valence-corrected chi connectivity index (χ3v) is 3.77. The zero-order valence-electron chi connectivity index (χ0n) is 12.2. The lowest BCUT2D eigenvalue weighted by molar-refractivity contribution is 0.0792. The number of ether oxygens (including phenoxy) is 2. The minimum atomic E-state index is -0.265. The van der Waals surface area contributed by atoms with Gasteiger partial charge >= 0.3 is 0 Å². The predicted octanol–water partition coefficient (Wildman–Crippen LogP) is 2.27. The van der Waals surface area contributed by atoms with Crippen LogP contribution >= 0.6 is 0 Å². The molecule has 1 unspecified atom stereocenters. The monoisotopic (exact) mass is 284 g/mol. The van der Waals surface area contributed by atoms with E-state index in [2.05, 4.69) is 4.98 Å². The molecule has 1 aromatic carbocycles. The van der Waals surface area contributed by atoms with Crippen molar-refractivity contribution >= 4 is 5.91 Å². The second-order valence-electron chi connectivity index (χ2n) is 4.86. The van der Waals surface area contributed by atoms with Crippen LogP contribution in [-0.4, -0.2) is 37.1 Å². The van der Waals surface area contributed by atoms with Crippen molar-refractivity contribution in [3.05, 3.63) is 53.3 Å². The molecule has 1 aliphatic rings. The molecular weight excluding hydrogens is 268 g/mol. The Labute approximate surface area is 123 Å². The highest BCUT2D eigenvalue weighted by atomic mass is 16.5. The molecule has 5 nitrogen and oxygen atoms in total. The molecule has 0 fully saturated rings. The van der Waals surface area contributed by atoms with E-state index in [1.165, 1.54) is 0 Å². The number of fused-ring (bicyclic) bond motifs is 1. The summed E-state index contributed by atoms with van der Waals surface area (Å²) in [6, 6.07) is 8.87. The average molecular weight is 284 g/mol. The molecule has 108 valence electrons. The molecule has 0 bridgehead atoms. The van der Waals surface area contributed by atoms with Gasteiger partial charge in [-0.1, -0.05) is 0 Å². The lowest BCUT2D eigenvalue weighted by Gasteiger charge is -2.22. The van der Waals surface area contributed by atoms with E-state index in [-0.39, 0.29) is 11.9 Å². The van der Waals surface area contributed by atoms with Crippen molar-refractivity contribution < 1.29 is 14.3 Å². The molecule has 1 aliphatic heterocycles. The van der Waals surface area contributed by atoms with Gasteiger partial charge in [0, 0.05) is 18.8 Å². The lowest BCUT2D eigenvalue weighted by atomic mass is 10.0. The molecule has 0 aliphatic carbocycles. The molecule has 0 N–H and O–H groups in total. The van der Waals surface area contributed by atoms with E-state index in [0.717, 1.165) is 17.0 Å². The third kappa shape index (κ3) is 2.01. The van der Waals surface area contributed by atoms with Gasteiger partial charge < -0.3 is 14.4 Å². The Kier molecular flexibility index (Phi) is 3.25. The molecule has 0 saturated heterocycles. The van der Waals surface area contributed by atoms with E-state index in [0.29, 0.717) is 11.3 Å². The first-order valence-corrected chi connectivity index (χ1v) is 6.61. The van der Waals surface area contributed by atoms with Gasteiger partial charge in [0.1, 0.15) is 17.5 Å². The summed E-state index contributed by atoms with van der Waals surface area (Å²) in [6.45, 7) is 0. The third-order valence-electron chi connectivity index (χ3n) is 3.77. The van der Waals surface area contributed by atoms with E-state index in [9.17, 15) is 4.79 Å². The van der Waals surface area contributed by atoms with Gasteiger partial charge in [-0.05, 0) is 30.3 Å². The molecular formula is C16H16N2O3. The first-order chi connectivity index (χ1) is 10.2. The normalized spacial score (nSPS) is 16.8. The Balaban J connectivity index is 2.18. The number of hydrogen-bond acceptors (Lipinski definition) is 4. The van der Waals surface area contributed by atoms with Crippen LogP contribution in [0.1, 0.15) is 27.7 Å². The van der Waals surface area contributed by atoms with Gasteiger partial charge in [0.05, 0.1) is 25.5 Å². The highest BCUT2D eigenvalue weighted by Gasteiger charge is 2.37. The van der Waals surface area contributed by atoms with Crippen molar-refractivity contribution in [2.75, 3.05) is 21.3 Å². The molecule has 0 spiro atoms. The van der Waals surface area contributed by atoms with E-state index in [1.54, 1.807) is 44.5 Å². The van der Waals surface area contributed by atoms with Crippen LogP contribution in [0.25, 0.3) is 0 Å². The van der Waals surface area contributed by atoms with Crippen LogP contribution in [0.2, 0.25) is 0 Å². The fourth-order valence-corrected chi connectivity index (χ4v) is 2.72. The summed E-state index contributed by atoms with van der Waals surface area (Å²) < 4.78 is 10.7.